The molecule has 3 fully saturated rings. The Morgan fingerprint density at radius 3 is 2.30 bits per heavy atom. The third-order valence-electron chi connectivity index (χ3n) is 7.02. The zero-order chi connectivity index (χ0) is 15.0. The van der Waals surface area contributed by atoms with Crippen LogP contribution >= 0.6 is 0 Å². The summed E-state index contributed by atoms with van der Waals surface area (Å²) in [5.74, 6) is 0.767. The molecule has 1 amide bonds. The Morgan fingerprint density at radius 2 is 1.70 bits per heavy atom. The number of aliphatic hydroxyl groups is 1. The monoisotopic (exact) mass is 279 g/mol. The van der Waals surface area contributed by atoms with Crippen molar-refractivity contribution in [3.8, 4) is 0 Å². The van der Waals surface area contributed by atoms with E-state index < -0.39 is 5.60 Å². The second-order valence-electron chi connectivity index (χ2n) is 8.72. The van der Waals surface area contributed by atoms with Crippen LogP contribution in [0.3, 0.4) is 0 Å². The van der Waals surface area contributed by atoms with Gasteiger partial charge in [0.25, 0.3) is 0 Å². The van der Waals surface area contributed by atoms with Crippen LogP contribution in [0, 0.1) is 22.7 Å². The van der Waals surface area contributed by atoms with Crippen LogP contribution in [0.2, 0.25) is 0 Å². The van der Waals surface area contributed by atoms with Gasteiger partial charge in [-0.05, 0) is 49.4 Å². The van der Waals surface area contributed by atoms with Crippen LogP contribution in [0.5, 0.6) is 0 Å². The number of amides is 1. The summed E-state index contributed by atoms with van der Waals surface area (Å²) in [5.41, 5.74) is -0.411. The Hall–Kier alpha value is -0.570. The van der Waals surface area contributed by atoms with Gasteiger partial charge in [-0.2, -0.15) is 0 Å². The van der Waals surface area contributed by atoms with Crippen molar-refractivity contribution in [3.05, 3.63) is 0 Å². The first kappa shape index (κ1) is 14.4. The van der Waals surface area contributed by atoms with Crippen LogP contribution in [0.1, 0.15) is 66.7 Å². The predicted molar refractivity (Wildman–Crippen MR) is 79.1 cm³/mol. The van der Waals surface area contributed by atoms with Crippen molar-refractivity contribution in [1.29, 1.82) is 0 Å². The van der Waals surface area contributed by atoms with Gasteiger partial charge < -0.3 is 10.4 Å². The molecule has 0 aromatic heterocycles. The Kier molecular flexibility index (Phi) is 2.72. The van der Waals surface area contributed by atoms with Crippen LogP contribution in [0.25, 0.3) is 0 Å². The van der Waals surface area contributed by atoms with Gasteiger partial charge in [0.05, 0.1) is 11.1 Å². The molecule has 0 aliphatic heterocycles. The molecule has 0 heterocycles. The van der Waals surface area contributed by atoms with Crippen molar-refractivity contribution in [1.82, 2.24) is 5.32 Å². The predicted octanol–water partition coefficient (Wildman–Crippen LogP) is 2.87. The number of carbonyl (C=O) groups is 1. The van der Waals surface area contributed by atoms with Crippen molar-refractivity contribution in [2.24, 2.45) is 22.7 Å². The Morgan fingerprint density at radius 1 is 1.05 bits per heavy atom. The molecule has 0 spiro atoms. The lowest BCUT2D eigenvalue weighted by Crippen LogP contribution is -2.80. The molecule has 3 aliphatic rings. The lowest BCUT2D eigenvalue weighted by Gasteiger charge is -2.74. The molecule has 0 bridgehead atoms. The van der Waals surface area contributed by atoms with Crippen LogP contribution in [-0.4, -0.2) is 22.2 Å². The van der Waals surface area contributed by atoms with E-state index in [-0.39, 0.29) is 28.2 Å². The van der Waals surface area contributed by atoms with Crippen LogP contribution in [-0.2, 0) is 4.79 Å². The highest BCUT2D eigenvalue weighted by molar-refractivity contribution is 5.74. The molecule has 0 radical (unpaired) electrons. The largest absolute Gasteiger partial charge is 0.390 e. The van der Waals surface area contributed by atoms with Gasteiger partial charge in [0, 0.05) is 12.8 Å². The smallest absolute Gasteiger partial charge is 0.217 e. The van der Waals surface area contributed by atoms with Crippen molar-refractivity contribution in [3.63, 3.8) is 0 Å². The molecule has 3 rings (SSSR count). The lowest BCUT2D eigenvalue weighted by molar-refractivity contribution is -0.247. The number of hydrogen-bond donors (Lipinski definition) is 2. The fourth-order valence-corrected chi connectivity index (χ4v) is 6.48. The van der Waals surface area contributed by atoms with E-state index in [1.807, 2.05) is 6.92 Å². The van der Waals surface area contributed by atoms with E-state index in [0.717, 1.165) is 12.8 Å². The maximum atomic E-state index is 11.8. The molecule has 3 saturated carbocycles. The molecule has 5 atom stereocenters. The molecule has 0 aromatic rings. The number of fused-ring (bicyclic) bond motifs is 4. The van der Waals surface area contributed by atoms with Gasteiger partial charge in [0.15, 0.2) is 0 Å². The zero-order valence-corrected chi connectivity index (χ0v) is 13.5. The second-order valence-corrected chi connectivity index (χ2v) is 8.72. The quantitative estimate of drug-likeness (QED) is 0.775. The van der Waals surface area contributed by atoms with E-state index in [4.69, 9.17) is 0 Å². The molecular formula is C17H29NO2. The summed E-state index contributed by atoms with van der Waals surface area (Å²) in [6, 6.07) is 0. The minimum atomic E-state index is -0.638. The molecule has 3 aliphatic carbocycles. The van der Waals surface area contributed by atoms with E-state index in [9.17, 15) is 9.90 Å². The molecule has 0 unspecified atom stereocenters. The molecule has 20 heavy (non-hydrogen) atoms. The minimum absolute atomic E-state index is 0.0516. The highest BCUT2D eigenvalue weighted by atomic mass is 16.3. The van der Waals surface area contributed by atoms with E-state index in [1.54, 1.807) is 6.92 Å². The van der Waals surface area contributed by atoms with Crippen molar-refractivity contribution in [2.75, 3.05) is 0 Å². The van der Waals surface area contributed by atoms with E-state index >= 15 is 0 Å². The second kappa shape index (κ2) is 3.79. The van der Waals surface area contributed by atoms with Gasteiger partial charge in [-0.15, -0.1) is 0 Å². The SMILES string of the molecule is CC(=O)N[C@]12CC[C@](C)(O)[C@H]1[C@@H]1C(C)(C)CCC[C@@]12C. The molecule has 2 N–H and O–H groups in total. The van der Waals surface area contributed by atoms with Crippen LogP contribution in [0.15, 0.2) is 0 Å². The molecule has 3 heteroatoms. The summed E-state index contributed by atoms with van der Waals surface area (Å²) < 4.78 is 0. The standard InChI is InChI=1S/C17H29NO2/c1-11(19)18-17-10-9-16(5,20)13(17)12-14(2,3)7-6-8-15(12,17)4/h12-13,20H,6-10H2,1-5H3,(H,18,19)/t12-,13-,15+,16+,17-/m1/s1. The van der Waals surface area contributed by atoms with E-state index in [2.05, 4.69) is 26.1 Å². The third kappa shape index (κ3) is 1.48. The van der Waals surface area contributed by atoms with Crippen molar-refractivity contribution >= 4 is 5.91 Å². The third-order valence-corrected chi connectivity index (χ3v) is 7.02. The van der Waals surface area contributed by atoms with Gasteiger partial charge in [-0.3, -0.25) is 4.79 Å². The normalized spacial score (nSPS) is 52.7. The first-order valence-electron chi connectivity index (χ1n) is 8.08. The van der Waals surface area contributed by atoms with Crippen LogP contribution < -0.4 is 5.32 Å². The Balaban J connectivity index is 2.07. The number of nitrogens with one attached hydrogen (secondary N) is 1. The first-order chi connectivity index (χ1) is 9.07. The van der Waals surface area contributed by atoms with Gasteiger partial charge in [0.2, 0.25) is 5.91 Å². The van der Waals surface area contributed by atoms with Crippen molar-refractivity contribution < 1.29 is 9.90 Å². The fourth-order valence-electron chi connectivity index (χ4n) is 6.48. The van der Waals surface area contributed by atoms with Gasteiger partial charge in [0.1, 0.15) is 0 Å². The number of rotatable bonds is 1. The topological polar surface area (TPSA) is 49.3 Å². The number of carbonyl (C=O) groups excluding carboxylic acids is 1. The summed E-state index contributed by atoms with van der Waals surface area (Å²) in [7, 11) is 0. The fraction of sp³-hybridized carbons (Fsp3) is 0.941. The lowest BCUT2D eigenvalue weighted by atomic mass is 9.33. The van der Waals surface area contributed by atoms with Crippen molar-refractivity contribution in [2.45, 2.75) is 77.9 Å². The Bertz CT molecular complexity index is 456. The molecule has 114 valence electrons. The van der Waals surface area contributed by atoms with Gasteiger partial charge in [-0.1, -0.05) is 27.2 Å². The van der Waals surface area contributed by atoms with Crippen LogP contribution in [0.4, 0.5) is 0 Å². The maximum absolute atomic E-state index is 11.8. The highest BCUT2D eigenvalue weighted by Crippen LogP contribution is 2.76. The highest BCUT2D eigenvalue weighted by Gasteiger charge is 2.78. The summed E-state index contributed by atoms with van der Waals surface area (Å²) in [6.45, 7) is 10.6. The molecule has 0 saturated heterocycles. The Labute approximate surface area is 122 Å². The van der Waals surface area contributed by atoms with E-state index in [0.29, 0.717) is 5.92 Å². The van der Waals surface area contributed by atoms with Gasteiger partial charge >= 0.3 is 0 Å². The van der Waals surface area contributed by atoms with Gasteiger partial charge in [-0.25, -0.2) is 0 Å². The van der Waals surface area contributed by atoms with E-state index in [1.165, 1.54) is 19.3 Å². The maximum Gasteiger partial charge on any atom is 0.217 e. The summed E-state index contributed by atoms with van der Waals surface area (Å²) in [4.78, 5) is 11.8. The molecular weight excluding hydrogens is 250 g/mol. The zero-order valence-electron chi connectivity index (χ0n) is 13.5. The molecule has 0 aromatic carbocycles. The minimum Gasteiger partial charge on any atom is -0.390 e. The number of hydrogen-bond acceptors (Lipinski definition) is 2. The average Bonchev–Trinajstić information content (AvgIpc) is 2.49. The average molecular weight is 279 g/mol. The summed E-state index contributed by atoms with van der Waals surface area (Å²) in [6.07, 6.45) is 5.37. The summed E-state index contributed by atoms with van der Waals surface area (Å²) >= 11 is 0. The summed E-state index contributed by atoms with van der Waals surface area (Å²) in [5, 5.41) is 14.2. The molecule has 3 nitrogen and oxygen atoms in total. The first-order valence-corrected chi connectivity index (χ1v) is 8.08.